The van der Waals surface area contributed by atoms with Crippen LogP contribution in [0.4, 0.5) is 0 Å². The molecule has 1 saturated carbocycles. The number of hydrogen-bond donors (Lipinski definition) is 0. The molecule has 118 valence electrons. The molecule has 1 fully saturated rings. The van der Waals surface area contributed by atoms with Crippen LogP contribution in [0.3, 0.4) is 0 Å². The van der Waals surface area contributed by atoms with Crippen LogP contribution in [0, 0.1) is 5.92 Å². The number of hydrogen-bond acceptors (Lipinski definition) is 4. The summed E-state index contributed by atoms with van der Waals surface area (Å²) in [6, 6.07) is 4.00. The van der Waals surface area contributed by atoms with Crippen molar-refractivity contribution in [2.24, 2.45) is 5.92 Å². The largest absolute Gasteiger partial charge is 0.468 e. The maximum absolute atomic E-state index is 5.51. The van der Waals surface area contributed by atoms with Crippen molar-refractivity contribution < 1.29 is 9.15 Å². The standard InChI is InChI=1S/C17H23N3O2/c1-21-12-14-9-19(10-15-3-2-6-22-15)11-17-16(14)7-18-20(17)8-13-4-5-13/h2-3,6-7,13-14H,4-5,8-12H2,1H3/t14-/m0/s1. The number of aromatic nitrogens is 2. The Kier molecular flexibility index (Phi) is 3.76. The van der Waals surface area contributed by atoms with Gasteiger partial charge in [0, 0.05) is 38.2 Å². The van der Waals surface area contributed by atoms with Crippen LogP contribution in [0.25, 0.3) is 0 Å². The first kappa shape index (κ1) is 14.0. The van der Waals surface area contributed by atoms with Crippen LogP contribution in [0.15, 0.2) is 29.0 Å². The van der Waals surface area contributed by atoms with Crippen molar-refractivity contribution in [1.82, 2.24) is 14.7 Å². The zero-order chi connectivity index (χ0) is 14.9. The average Bonchev–Trinajstić information content (AvgIpc) is 3.01. The molecule has 0 saturated heterocycles. The molecular formula is C17H23N3O2. The highest BCUT2D eigenvalue weighted by Crippen LogP contribution is 2.34. The molecule has 0 bridgehead atoms. The Morgan fingerprint density at radius 3 is 3.05 bits per heavy atom. The van der Waals surface area contributed by atoms with Crippen molar-refractivity contribution in [3.8, 4) is 0 Å². The van der Waals surface area contributed by atoms with Gasteiger partial charge in [0.1, 0.15) is 5.76 Å². The van der Waals surface area contributed by atoms with Gasteiger partial charge in [0.25, 0.3) is 0 Å². The van der Waals surface area contributed by atoms with E-state index in [1.54, 1.807) is 13.4 Å². The maximum Gasteiger partial charge on any atom is 0.117 e. The number of nitrogens with zero attached hydrogens (tertiary/aromatic N) is 3. The van der Waals surface area contributed by atoms with E-state index in [2.05, 4.69) is 20.9 Å². The lowest BCUT2D eigenvalue weighted by molar-refractivity contribution is 0.129. The van der Waals surface area contributed by atoms with Gasteiger partial charge < -0.3 is 9.15 Å². The summed E-state index contributed by atoms with van der Waals surface area (Å²) < 4.78 is 13.2. The molecule has 1 atom stereocenters. The summed E-state index contributed by atoms with van der Waals surface area (Å²) in [5, 5.41) is 4.65. The second-order valence-electron chi connectivity index (χ2n) is 6.57. The van der Waals surface area contributed by atoms with Crippen LogP contribution in [0.1, 0.15) is 35.8 Å². The summed E-state index contributed by atoms with van der Waals surface area (Å²) >= 11 is 0. The first-order valence-electron chi connectivity index (χ1n) is 8.11. The molecular weight excluding hydrogens is 278 g/mol. The zero-order valence-corrected chi connectivity index (χ0v) is 13.1. The smallest absolute Gasteiger partial charge is 0.117 e. The van der Waals surface area contributed by atoms with Gasteiger partial charge in [-0.2, -0.15) is 5.10 Å². The molecule has 3 heterocycles. The van der Waals surface area contributed by atoms with Gasteiger partial charge >= 0.3 is 0 Å². The number of methoxy groups -OCH3 is 1. The first-order chi connectivity index (χ1) is 10.8. The van der Waals surface area contributed by atoms with Gasteiger partial charge in [-0.1, -0.05) is 0 Å². The van der Waals surface area contributed by atoms with Crippen LogP contribution < -0.4 is 0 Å². The molecule has 22 heavy (non-hydrogen) atoms. The number of furan rings is 1. The lowest BCUT2D eigenvalue weighted by atomic mass is 9.95. The number of ether oxygens (including phenoxy) is 1. The summed E-state index contributed by atoms with van der Waals surface area (Å²) in [5.74, 6) is 2.26. The first-order valence-corrected chi connectivity index (χ1v) is 8.11. The molecule has 0 amide bonds. The van der Waals surface area contributed by atoms with Gasteiger partial charge in [-0.25, -0.2) is 0 Å². The molecule has 2 aromatic heterocycles. The number of rotatable bonds is 6. The van der Waals surface area contributed by atoms with Crippen LogP contribution in [0.2, 0.25) is 0 Å². The van der Waals surface area contributed by atoms with Gasteiger partial charge in [0.05, 0.1) is 31.3 Å². The van der Waals surface area contributed by atoms with Crippen LogP contribution in [0.5, 0.6) is 0 Å². The summed E-state index contributed by atoms with van der Waals surface area (Å²) in [4.78, 5) is 2.44. The average molecular weight is 301 g/mol. The SMILES string of the molecule is COC[C@@H]1CN(Cc2ccco2)Cc2c1cnn2CC1CC1. The van der Waals surface area contributed by atoms with Crippen LogP contribution >= 0.6 is 0 Å². The molecule has 0 N–H and O–H groups in total. The second-order valence-corrected chi connectivity index (χ2v) is 6.57. The Bertz CT molecular complexity index is 616. The molecule has 0 unspecified atom stereocenters. The van der Waals surface area contributed by atoms with Crippen molar-refractivity contribution in [3.05, 3.63) is 41.6 Å². The Hall–Kier alpha value is -1.59. The molecule has 0 spiro atoms. The highest BCUT2D eigenvalue weighted by molar-refractivity contribution is 5.26. The molecule has 0 radical (unpaired) electrons. The van der Waals surface area contributed by atoms with Gasteiger partial charge in [-0.15, -0.1) is 0 Å². The van der Waals surface area contributed by atoms with E-state index in [-0.39, 0.29) is 0 Å². The lowest BCUT2D eigenvalue weighted by Crippen LogP contribution is -2.35. The van der Waals surface area contributed by atoms with Gasteiger partial charge in [0.2, 0.25) is 0 Å². The third-order valence-electron chi connectivity index (χ3n) is 4.73. The Balaban J connectivity index is 1.56. The van der Waals surface area contributed by atoms with Gasteiger partial charge in [0.15, 0.2) is 0 Å². The molecule has 1 aliphatic carbocycles. The lowest BCUT2D eigenvalue weighted by Gasteiger charge is -2.32. The highest BCUT2D eigenvalue weighted by atomic mass is 16.5. The Morgan fingerprint density at radius 1 is 1.41 bits per heavy atom. The van der Waals surface area contributed by atoms with Gasteiger partial charge in [-0.05, 0) is 30.9 Å². The van der Waals surface area contributed by atoms with Crippen molar-refractivity contribution in [2.75, 3.05) is 20.3 Å². The van der Waals surface area contributed by atoms with Gasteiger partial charge in [-0.3, -0.25) is 9.58 Å². The van der Waals surface area contributed by atoms with Crippen molar-refractivity contribution >= 4 is 0 Å². The topological polar surface area (TPSA) is 43.4 Å². The fourth-order valence-corrected chi connectivity index (χ4v) is 3.41. The van der Waals surface area contributed by atoms with E-state index in [1.807, 2.05) is 12.1 Å². The third-order valence-corrected chi connectivity index (χ3v) is 4.73. The minimum atomic E-state index is 0.400. The number of fused-ring (bicyclic) bond motifs is 1. The van der Waals surface area contributed by atoms with Crippen molar-refractivity contribution in [2.45, 2.75) is 38.4 Å². The minimum Gasteiger partial charge on any atom is -0.468 e. The summed E-state index contributed by atoms with van der Waals surface area (Å²) in [6.07, 6.45) is 6.51. The fourth-order valence-electron chi connectivity index (χ4n) is 3.41. The minimum absolute atomic E-state index is 0.400. The Labute approximate surface area is 130 Å². The maximum atomic E-state index is 5.51. The summed E-state index contributed by atoms with van der Waals surface area (Å²) in [5.41, 5.74) is 2.74. The van der Waals surface area contributed by atoms with E-state index in [9.17, 15) is 0 Å². The van der Waals surface area contributed by atoms with E-state index in [0.717, 1.165) is 44.5 Å². The quantitative estimate of drug-likeness (QED) is 0.822. The normalized spacial score (nSPS) is 22.0. The molecule has 5 nitrogen and oxygen atoms in total. The third kappa shape index (κ3) is 2.83. The van der Waals surface area contributed by atoms with E-state index in [0.29, 0.717) is 5.92 Å². The monoisotopic (exact) mass is 301 g/mol. The van der Waals surface area contributed by atoms with Crippen molar-refractivity contribution in [1.29, 1.82) is 0 Å². The summed E-state index contributed by atoms with van der Waals surface area (Å²) in [6.45, 7) is 4.61. The predicted octanol–water partition coefficient (Wildman–Crippen LogP) is 2.63. The fraction of sp³-hybridized carbons (Fsp3) is 0.588. The molecule has 1 aliphatic heterocycles. The van der Waals surface area contributed by atoms with E-state index in [4.69, 9.17) is 9.15 Å². The molecule has 5 heteroatoms. The highest BCUT2D eigenvalue weighted by Gasteiger charge is 2.31. The zero-order valence-electron chi connectivity index (χ0n) is 13.1. The molecule has 0 aromatic carbocycles. The predicted molar refractivity (Wildman–Crippen MR) is 82.4 cm³/mol. The van der Waals surface area contributed by atoms with E-state index in [1.165, 1.54) is 24.1 Å². The van der Waals surface area contributed by atoms with Crippen molar-refractivity contribution in [3.63, 3.8) is 0 Å². The van der Waals surface area contributed by atoms with Crippen LogP contribution in [-0.2, 0) is 24.4 Å². The van der Waals surface area contributed by atoms with E-state index < -0.39 is 0 Å². The molecule has 4 rings (SSSR count). The Morgan fingerprint density at radius 2 is 2.32 bits per heavy atom. The van der Waals surface area contributed by atoms with E-state index >= 15 is 0 Å². The second kappa shape index (κ2) is 5.89. The van der Waals surface area contributed by atoms with Crippen LogP contribution in [-0.4, -0.2) is 34.9 Å². The molecule has 2 aliphatic rings. The summed E-state index contributed by atoms with van der Waals surface area (Å²) in [7, 11) is 1.78. The molecule has 2 aromatic rings.